The first kappa shape index (κ1) is 25.6. The number of hydrogen-bond acceptors (Lipinski definition) is 5. The molecular formula is C28H32N2O5S. The van der Waals surface area contributed by atoms with Gasteiger partial charge < -0.3 is 14.8 Å². The number of sulfonamides is 1. The molecule has 0 aliphatic carbocycles. The maximum atomic E-state index is 13.5. The van der Waals surface area contributed by atoms with Crippen molar-refractivity contribution in [2.24, 2.45) is 0 Å². The Bertz CT molecular complexity index is 1330. The quantitative estimate of drug-likeness (QED) is 0.477. The van der Waals surface area contributed by atoms with Crippen molar-refractivity contribution < 1.29 is 22.7 Å². The van der Waals surface area contributed by atoms with Crippen molar-refractivity contribution in [1.29, 1.82) is 0 Å². The van der Waals surface area contributed by atoms with E-state index in [9.17, 15) is 13.2 Å². The van der Waals surface area contributed by atoms with E-state index in [1.807, 2.05) is 37.3 Å². The highest BCUT2D eigenvalue weighted by Crippen LogP contribution is 2.37. The molecule has 3 aromatic carbocycles. The van der Waals surface area contributed by atoms with E-state index in [4.69, 9.17) is 9.47 Å². The molecule has 190 valence electrons. The van der Waals surface area contributed by atoms with Gasteiger partial charge >= 0.3 is 0 Å². The normalized spacial score (nSPS) is 15.6. The molecule has 1 amide bonds. The molecule has 0 spiro atoms. The number of ether oxygens (including phenoxy) is 2. The molecule has 1 unspecified atom stereocenters. The molecule has 1 aliphatic rings. The number of nitrogens with one attached hydrogen (secondary N) is 1. The number of anilines is 1. The topological polar surface area (TPSA) is 84.9 Å². The minimum atomic E-state index is -3.89. The van der Waals surface area contributed by atoms with E-state index in [1.165, 1.54) is 4.31 Å². The van der Waals surface area contributed by atoms with Crippen molar-refractivity contribution in [3.05, 3.63) is 83.9 Å². The lowest BCUT2D eigenvalue weighted by Crippen LogP contribution is -2.51. The van der Waals surface area contributed by atoms with Gasteiger partial charge in [0.1, 0.15) is 18.1 Å². The van der Waals surface area contributed by atoms with Gasteiger partial charge in [-0.3, -0.25) is 9.10 Å². The van der Waals surface area contributed by atoms with Gasteiger partial charge in [0.2, 0.25) is 0 Å². The highest BCUT2D eigenvalue weighted by atomic mass is 32.2. The summed E-state index contributed by atoms with van der Waals surface area (Å²) in [6.45, 7) is 8.62. The molecule has 1 heterocycles. The van der Waals surface area contributed by atoms with Gasteiger partial charge in [-0.15, -0.1) is 0 Å². The van der Waals surface area contributed by atoms with Gasteiger partial charge in [0, 0.05) is 0 Å². The van der Waals surface area contributed by atoms with Gasteiger partial charge in [-0.25, -0.2) is 8.42 Å². The van der Waals surface area contributed by atoms with E-state index in [1.54, 1.807) is 42.5 Å². The summed E-state index contributed by atoms with van der Waals surface area (Å²) in [5.41, 5.74) is 2.32. The number of nitrogens with zero attached hydrogens (tertiary/aromatic N) is 1. The summed E-state index contributed by atoms with van der Waals surface area (Å²) in [4.78, 5) is 13.2. The zero-order valence-electron chi connectivity index (χ0n) is 21.0. The molecule has 0 radical (unpaired) electrons. The van der Waals surface area contributed by atoms with E-state index in [2.05, 4.69) is 26.1 Å². The fourth-order valence-electron chi connectivity index (χ4n) is 4.11. The third-order valence-corrected chi connectivity index (χ3v) is 7.76. The summed E-state index contributed by atoms with van der Waals surface area (Å²) in [7, 11) is -3.89. The van der Waals surface area contributed by atoms with Gasteiger partial charge in [0.15, 0.2) is 6.10 Å². The van der Waals surface area contributed by atoms with Crippen LogP contribution in [0.3, 0.4) is 0 Å². The Morgan fingerprint density at radius 2 is 1.75 bits per heavy atom. The first-order valence-corrected chi connectivity index (χ1v) is 13.4. The van der Waals surface area contributed by atoms with Crippen LogP contribution in [-0.2, 0) is 20.2 Å². The number of fused-ring (bicyclic) bond motifs is 1. The maximum Gasteiger partial charge on any atom is 0.264 e. The smallest absolute Gasteiger partial charge is 0.264 e. The van der Waals surface area contributed by atoms with Crippen molar-refractivity contribution in [3.63, 3.8) is 0 Å². The highest BCUT2D eigenvalue weighted by Gasteiger charge is 2.37. The van der Waals surface area contributed by atoms with Crippen molar-refractivity contribution in [1.82, 2.24) is 5.32 Å². The van der Waals surface area contributed by atoms with Crippen molar-refractivity contribution in [2.45, 2.75) is 44.1 Å². The fraction of sp³-hybridized carbons (Fsp3) is 0.321. The van der Waals surface area contributed by atoms with E-state index >= 15 is 0 Å². The molecule has 1 aliphatic heterocycles. The van der Waals surface area contributed by atoms with E-state index in [0.717, 1.165) is 16.9 Å². The molecule has 0 bridgehead atoms. The van der Waals surface area contributed by atoms with Crippen LogP contribution in [0.25, 0.3) is 0 Å². The van der Waals surface area contributed by atoms with Crippen molar-refractivity contribution in [2.75, 3.05) is 24.0 Å². The predicted octanol–water partition coefficient (Wildman–Crippen LogP) is 4.44. The summed E-state index contributed by atoms with van der Waals surface area (Å²) in [6, 6.07) is 21.3. The minimum absolute atomic E-state index is 0.0742. The average Bonchev–Trinajstić information content (AvgIpc) is 2.86. The maximum absolute atomic E-state index is 13.5. The predicted molar refractivity (Wildman–Crippen MR) is 140 cm³/mol. The average molecular weight is 509 g/mol. The zero-order valence-corrected chi connectivity index (χ0v) is 21.8. The number of para-hydroxylation sites is 1. The lowest BCUT2D eigenvalue weighted by molar-refractivity contribution is -0.127. The lowest BCUT2D eigenvalue weighted by atomic mass is 9.86. The Labute approximate surface area is 213 Å². The third kappa shape index (κ3) is 5.49. The summed E-state index contributed by atoms with van der Waals surface area (Å²) < 4.78 is 40.1. The first-order valence-electron chi connectivity index (χ1n) is 11.9. The summed E-state index contributed by atoms with van der Waals surface area (Å²) in [5.74, 6) is 0.724. The van der Waals surface area contributed by atoms with Gasteiger partial charge in [-0.1, -0.05) is 63.2 Å². The standard InChI is InChI=1S/C28H32N2O5S/c1-20-14-15-25-23(18-20)30(36(32,33)21-10-6-5-7-11-21)19-26(35-25)27(31)29-16-17-34-24-13-9-8-12-22(24)28(2,3)4/h5-15,18,26H,16-17,19H2,1-4H3,(H,29,31). The van der Waals surface area contributed by atoms with Crippen LogP contribution in [0.2, 0.25) is 0 Å². The van der Waals surface area contributed by atoms with Crippen molar-refractivity contribution >= 4 is 21.6 Å². The molecule has 1 N–H and O–H groups in total. The molecule has 8 heteroatoms. The summed E-state index contributed by atoms with van der Waals surface area (Å²) in [6.07, 6.45) is -0.999. The molecule has 0 aromatic heterocycles. The van der Waals surface area contributed by atoms with Crippen LogP contribution in [0.1, 0.15) is 31.9 Å². The minimum Gasteiger partial charge on any atom is -0.491 e. The Kier molecular flexibility index (Phi) is 7.26. The Morgan fingerprint density at radius 3 is 2.47 bits per heavy atom. The van der Waals surface area contributed by atoms with E-state index in [-0.39, 0.29) is 30.0 Å². The Hall–Kier alpha value is -3.52. The van der Waals surface area contributed by atoms with Crippen molar-refractivity contribution in [3.8, 4) is 11.5 Å². The Morgan fingerprint density at radius 1 is 1.06 bits per heavy atom. The van der Waals surface area contributed by atoms with Crippen LogP contribution >= 0.6 is 0 Å². The van der Waals surface area contributed by atoms with E-state index < -0.39 is 22.0 Å². The zero-order chi connectivity index (χ0) is 25.9. The van der Waals surface area contributed by atoms with Crippen LogP contribution in [-0.4, -0.2) is 40.1 Å². The number of aryl methyl sites for hydroxylation is 1. The summed E-state index contributed by atoms with van der Waals surface area (Å²) in [5, 5.41) is 2.82. The molecule has 7 nitrogen and oxygen atoms in total. The number of carbonyl (C=O) groups excluding carboxylic acids is 1. The van der Waals surface area contributed by atoms with E-state index in [0.29, 0.717) is 11.4 Å². The second kappa shape index (κ2) is 10.2. The number of carbonyl (C=O) groups is 1. The number of benzene rings is 3. The number of hydrogen-bond donors (Lipinski definition) is 1. The number of rotatable bonds is 7. The first-order chi connectivity index (χ1) is 17.1. The van der Waals surface area contributed by atoms with Crippen LogP contribution in [0.5, 0.6) is 11.5 Å². The van der Waals surface area contributed by atoms with Crippen LogP contribution in [0.4, 0.5) is 5.69 Å². The second-order valence-corrected chi connectivity index (χ2v) is 11.7. The SMILES string of the molecule is Cc1ccc2c(c1)N(S(=O)(=O)c1ccccc1)CC(C(=O)NCCOc1ccccc1C(C)(C)C)O2. The van der Waals surface area contributed by atoms with Gasteiger partial charge in [0.05, 0.1) is 23.7 Å². The molecule has 0 saturated carbocycles. The fourth-order valence-corrected chi connectivity index (χ4v) is 5.60. The lowest BCUT2D eigenvalue weighted by Gasteiger charge is -2.35. The summed E-state index contributed by atoms with van der Waals surface area (Å²) >= 11 is 0. The third-order valence-electron chi connectivity index (χ3n) is 5.96. The van der Waals surface area contributed by atoms with Gasteiger partial charge in [0.25, 0.3) is 15.9 Å². The van der Waals surface area contributed by atoms with Gasteiger partial charge in [-0.2, -0.15) is 0 Å². The largest absolute Gasteiger partial charge is 0.491 e. The monoisotopic (exact) mass is 508 g/mol. The van der Waals surface area contributed by atoms with Crippen LogP contribution in [0, 0.1) is 6.92 Å². The molecule has 0 saturated heterocycles. The Balaban J connectivity index is 1.47. The molecule has 0 fully saturated rings. The highest BCUT2D eigenvalue weighted by molar-refractivity contribution is 7.92. The molecular weight excluding hydrogens is 476 g/mol. The van der Waals surface area contributed by atoms with Crippen LogP contribution < -0.4 is 19.1 Å². The van der Waals surface area contributed by atoms with Crippen LogP contribution in [0.15, 0.2) is 77.7 Å². The number of amides is 1. The van der Waals surface area contributed by atoms with Gasteiger partial charge in [-0.05, 0) is 53.8 Å². The molecule has 36 heavy (non-hydrogen) atoms. The molecule has 3 aromatic rings. The molecule has 4 rings (SSSR count). The molecule has 1 atom stereocenters. The second-order valence-electron chi connectivity index (χ2n) is 9.81.